The minimum absolute atomic E-state index is 0.877. The smallest absolute Gasteiger partial charge is 0.128 e. The average Bonchev–Trinajstić information content (AvgIpc) is 2.27. The third kappa shape index (κ3) is 4.10. The van der Waals surface area contributed by atoms with E-state index < -0.39 is 0 Å². The van der Waals surface area contributed by atoms with Gasteiger partial charge in [0.05, 0.1) is 0 Å². The van der Waals surface area contributed by atoms with Crippen LogP contribution in [0.2, 0.25) is 0 Å². The Morgan fingerprint density at radius 3 is 2.80 bits per heavy atom. The van der Waals surface area contributed by atoms with Crippen molar-refractivity contribution in [3.8, 4) is 0 Å². The largest absolute Gasteiger partial charge is 0.359 e. The second kappa shape index (κ2) is 6.69. The molecule has 0 aromatic carbocycles. The van der Waals surface area contributed by atoms with E-state index in [1.807, 2.05) is 25.0 Å². The van der Waals surface area contributed by atoms with E-state index in [2.05, 4.69) is 40.6 Å². The van der Waals surface area contributed by atoms with E-state index in [1.165, 1.54) is 5.56 Å². The number of thioether (sulfide) groups is 1. The number of hydrogen-bond acceptors (Lipinski definition) is 4. The van der Waals surface area contributed by atoms with Gasteiger partial charge in [-0.05, 0) is 24.9 Å². The first-order valence-electron chi connectivity index (χ1n) is 5.07. The minimum atomic E-state index is 0.877. The van der Waals surface area contributed by atoms with Gasteiger partial charge < -0.3 is 10.2 Å². The van der Waals surface area contributed by atoms with Gasteiger partial charge in [-0.1, -0.05) is 6.07 Å². The second-order valence-electron chi connectivity index (χ2n) is 3.47. The van der Waals surface area contributed by atoms with Crippen LogP contribution in [0.1, 0.15) is 5.56 Å². The number of nitrogens with zero attached hydrogens (tertiary/aromatic N) is 2. The Balaban J connectivity index is 2.54. The number of anilines is 1. The molecule has 0 aliphatic heterocycles. The number of rotatable bonds is 6. The van der Waals surface area contributed by atoms with Crippen LogP contribution in [-0.4, -0.2) is 37.6 Å². The maximum absolute atomic E-state index is 4.43. The summed E-state index contributed by atoms with van der Waals surface area (Å²) in [6, 6.07) is 4.20. The molecule has 1 aromatic rings. The molecule has 0 fully saturated rings. The molecule has 0 atom stereocenters. The van der Waals surface area contributed by atoms with Crippen LogP contribution in [0.4, 0.5) is 5.82 Å². The zero-order chi connectivity index (χ0) is 11.1. The van der Waals surface area contributed by atoms with Crippen LogP contribution in [0.15, 0.2) is 18.3 Å². The molecule has 84 valence electrons. The number of hydrogen-bond donors (Lipinski definition) is 1. The van der Waals surface area contributed by atoms with Crippen molar-refractivity contribution in [2.75, 3.05) is 37.5 Å². The second-order valence-corrected chi connectivity index (χ2v) is 4.45. The first kappa shape index (κ1) is 12.3. The lowest BCUT2D eigenvalue weighted by atomic mass is 10.3. The van der Waals surface area contributed by atoms with Gasteiger partial charge in [0.25, 0.3) is 0 Å². The van der Waals surface area contributed by atoms with Crippen molar-refractivity contribution in [3.63, 3.8) is 0 Å². The normalized spacial score (nSPS) is 10.3. The molecule has 1 N–H and O–H groups in total. The summed E-state index contributed by atoms with van der Waals surface area (Å²) in [6.07, 6.45) is 4.05. The third-order valence-corrected chi connectivity index (χ3v) is 2.80. The molecule has 0 saturated heterocycles. The van der Waals surface area contributed by atoms with Gasteiger partial charge in [-0.15, -0.1) is 0 Å². The van der Waals surface area contributed by atoms with Crippen molar-refractivity contribution < 1.29 is 0 Å². The Kier molecular flexibility index (Phi) is 5.50. The molecule has 0 radical (unpaired) electrons. The van der Waals surface area contributed by atoms with Crippen molar-refractivity contribution in [1.29, 1.82) is 0 Å². The molecular weight excluding hydrogens is 206 g/mol. The van der Waals surface area contributed by atoms with Crippen LogP contribution in [0.3, 0.4) is 0 Å². The summed E-state index contributed by atoms with van der Waals surface area (Å²) in [5.74, 6) is 2.18. The van der Waals surface area contributed by atoms with E-state index in [9.17, 15) is 0 Å². The predicted octanol–water partition coefficient (Wildman–Crippen LogP) is 1.60. The fourth-order valence-corrected chi connectivity index (χ4v) is 1.75. The predicted molar refractivity (Wildman–Crippen MR) is 68.7 cm³/mol. The molecular formula is C11H19N3S. The highest BCUT2D eigenvalue weighted by Crippen LogP contribution is 2.09. The van der Waals surface area contributed by atoms with E-state index in [0.717, 1.165) is 24.7 Å². The fourth-order valence-electron chi connectivity index (χ4n) is 1.29. The topological polar surface area (TPSA) is 28.2 Å². The zero-order valence-electron chi connectivity index (χ0n) is 9.66. The average molecular weight is 225 g/mol. The Bertz CT molecular complexity index is 274. The minimum Gasteiger partial charge on any atom is -0.359 e. The van der Waals surface area contributed by atoms with Crippen molar-refractivity contribution in [3.05, 3.63) is 23.9 Å². The maximum atomic E-state index is 4.43. The molecule has 0 aliphatic rings. The molecule has 4 heteroatoms. The molecule has 0 aliphatic carbocycles. The molecule has 0 amide bonds. The van der Waals surface area contributed by atoms with Crippen molar-refractivity contribution >= 4 is 17.6 Å². The Morgan fingerprint density at radius 2 is 2.27 bits per heavy atom. The molecule has 0 saturated carbocycles. The lowest BCUT2D eigenvalue weighted by Crippen LogP contribution is -2.21. The van der Waals surface area contributed by atoms with Crippen molar-refractivity contribution in [1.82, 2.24) is 10.3 Å². The van der Waals surface area contributed by atoms with Crippen LogP contribution in [-0.2, 0) is 6.54 Å². The van der Waals surface area contributed by atoms with Gasteiger partial charge in [0.2, 0.25) is 0 Å². The Morgan fingerprint density at radius 1 is 1.47 bits per heavy atom. The molecule has 1 heterocycles. The fraction of sp³-hybridized carbons (Fsp3) is 0.545. The highest BCUT2D eigenvalue weighted by molar-refractivity contribution is 7.98. The SMILES string of the molecule is CNCc1ccc(N(C)CCSC)nc1. The van der Waals surface area contributed by atoms with E-state index >= 15 is 0 Å². The Labute approximate surface area is 96.3 Å². The molecule has 0 unspecified atom stereocenters. The first-order chi connectivity index (χ1) is 7.27. The summed E-state index contributed by atoms with van der Waals surface area (Å²) in [5.41, 5.74) is 1.22. The van der Waals surface area contributed by atoms with Crippen LogP contribution in [0.5, 0.6) is 0 Å². The molecule has 0 spiro atoms. The maximum Gasteiger partial charge on any atom is 0.128 e. The molecule has 1 rings (SSSR count). The van der Waals surface area contributed by atoms with E-state index in [0.29, 0.717) is 0 Å². The lowest BCUT2D eigenvalue weighted by Gasteiger charge is -2.17. The molecule has 1 aromatic heterocycles. The van der Waals surface area contributed by atoms with Crippen molar-refractivity contribution in [2.45, 2.75) is 6.54 Å². The van der Waals surface area contributed by atoms with Gasteiger partial charge in [0, 0.05) is 32.1 Å². The molecule has 3 nitrogen and oxygen atoms in total. The quantitative estimate of drug-likeness (QED) is 0.796. The van der Waals surface area contributed by atoms with Crippen LogP contribution >= 0.6 is 11.8 Å². The van der Waals surface area contributed by atoms with Gasteiger partial charge in [-0.3, -0.25) is 0 Å². The lowest BCUT2D eigenvalue weighted by molar-refractivity contribution is 0.811. The number of nitrogens with one attached hydrogen (secondary N) is 1. The summed E-state index contributed by atoms with van der Waals surface area (Å²) < 4.78 is 0. The monoisotopic (exact) mass is 225 g/mol. The van der Waals surface area contributed by atoms with Crippen molar-refractivity contribution in [2.24, 2.45) is 0 Å². The van der Waals surface area contributed by atoms with Crippen LogP contribution in [0, 0.1) is 0 Å². The first-order valence-corrected chi connectivity index (χ1v) is 6.47. The summed E-state index contributed by atoms with van der Waals surface area (Å²) in [7, 11) is 4.02. The van der Waals surface area contributed by atoms with Gasteiger partial charge in [0.1, 0.15) is 5.82 Å². The van der Waals surface area contributed by atoms with E-state index in [1.54, 1.807) is 0 Å². The van der Waals surface area contributed by atoms with Crippen LogP contribution < -0.4 is 10.2 Å². The highest BCUT2D eigenvalue weighted by Gasteiger charge is 2.01. The summed E-state index contributed by atoms with van der Waals surface area (Å²) in [5, 5.41) is 3.11. The van der Waals surface area contributed by atoms with Gasteiger partial charge in [-0.2, -0.15) is 11.8 Å². The Hall–Kier alpha value is -0.740. The van der Waals surface area contributed by atoms with Gasteiger partial charge in [-0.25, -0.2) is 4.98 Å². The standard InChI is InChI=1S/C11H19N3S/c1-12-8-10-4-5-11(13-9-10)14(2)6-7-15-3/h4-5,9,12H,6-8H2,1-3H3. The number of aromatic nitrogens is 1. The highest BCUT2D eigenvalue weighted by atomic mass is 32.2. The van der Waals surface area contributed by atoms with Crippen LogP contribution in [0.25, 0.3) is 0 Å². The van der Waals surface area contributed by atoms with E-state index in [4.69, 9.17) is 0 Å². The molecule has 0 bridgehead atoms. The number of pyridine rings is 1. The van der Waals surface area contributed by atoms with Gasteiger partial charge in [0.15, 0.2) is 0 Å². The summed E-state index contributed by atoms with van der Waals surface area (Å²) in [4.78, 5) is 6.61. The summed E-state index contributed by atoms with van der Waals surface area (Å²) >= 11 is 1.86. The zero-order valence-corrected chi connectivity index (χ0v) is 10.5. The molecule has 15 heavy (non-hydrogen) atoms. The van der Waals surface area contributed by atoms with Gasteiger partial charge >= 0.3 is 0 Å². The summed E-state index contributed by atoms with van der Waals surface area (Å²) in [6.45, 7) is 1.92. The third-order valence-electron chi connectivity index (χ3n) is 2.21. The van der Waals surface area contributed by atoms with E-state index in [-0.39, 0.29) is 0 Å².